The van der Waals surface area contributed by atoms with Crippen LogP contribution in [0.15, 0.2) is 18.2 Å². The van der Waals surface area contributed by atoms with Crippen LogP contribution in [0.4, 0.5) is 17.5 Å². The van der Waals surface area contributed by atoms with Crippen LogP contribution in [0.1, 0.15) is 10.5 Å². The summed E-state index contributed by atoms with van der Waals surface area (Å²) in [7, 11) is 4.58. The van der Waals surface area contributed by atoms with Crippen LogP contribution >= 0.6 is 0 Å². The second-order valence-corrected chi connectivity index (χ2v) is 7.48. The number of nitrogens with zero attached hydrogens (tertiary/aromatic N) is 4. The van der Waals surface area contributed by atoms with Gasteiger partial charge in [0.05, 0.1) is 47.8 Å². The number of amides is 1. The molecule has 1 aromatic heterocycles. The Morgan fingerprint density at radius 1 is 0.848 bits per heavy atom. The smallest absolute Gasteiger partial charge is 0.274 e. The van der Waals surface area contributed by atoms with Crippen LogP contribution in [-0.2, 0) is 9.47 Å². The minimum Gasteiger partial charge on any atom is -0.493 e. The van der Waals surface area contributed by atoms with Gasteiger partial charge in [0.15, 0.2) is 11.5 Å². The molecule has 1 amide bonds. The molecule has 0 bridgehead atoms. The van der Waals surface area contributed by atoms with E-state index in [0.717, 1.165) is 0 Å². The first-order valence-electron chi connectivity index (χ1n) is 10.8. The van der Waals surface area contributed by atoms with E-state index in [-0.39, 0.29) is 11.6 Å². The highest BCUT2D eigenvalue weighted by molar-refractivity contribution is 6.03. The summed E-state index contributed by atoms with van der Waals surface area (Å²) in [6.07, 6.45) is 0. The van der Waals surface area contributed by atoms with Gasteiger partial charge in [-0.15, -0.1) is 0 Å². The normalized spacial score (nSPS) is 16.3. The van der Waals surface area contributed by atoms with Crippen molar-refractivity contribution in [1.82, 2.24) is 9.97 Å². The molecule has 0 spiro atoms. The third kappa shape index (κ3) is 5.20. The average Bonchev–Trinajstić information content (AvgIpc) is 2.88. The lowest BCUT2D eigenvalue weighted by Crippen LogP contribution is -2.40. The molecule has 0 unspecified atom stereocenters. The number of aromatic nitrogens is 2. The molecule has 0 atom stereocenters. The first-order chi connectivity index (χ1) is 16.1. The molecule has 3 heterocycles. The van der Waals surface area contributed by atoms with Crippen molar-refractivity contribution < 1.29 is 28.5 Å². The van der Waals surface area contributed by atoms with E-state index in [1.807, 2.05) is 4.90 Å². The number of benzene rings is 1. The predicted molar refractivity (Wildman–Crippen MR) is 122 cm³/mol. The van der Waals surface area contributed by atoms with Gasteiger partial charge >= 0.3 is 0 Å². The summed E-state index contributed by atoms with van der Waals surface area (Å²) in [4.78, 5) is 26.7. The van der Waals surface area contributed by atoms with Crippen molar-refractivity contribution in [2.75, 3.05) is 89.1 Å². The molecular formula is C22H29N5O6. The number of rotatable bonds is 7. The van der Waals surface area contributed by atoms with Gasteiger partial charge in [0.25, 0.3) is 5.91 Å². The fraction of sp³-hybridized carbons (Fsp3) is 0.500. The molecule has 11 heteroatoms. The highest BCUT2D eigenvalue weighted by atomic mass is 16.5. The van der Waals surface area contributed by atoms with Crippen molar-refractivity contribution in [1.29, 1.82) is 0 Å². The summed E-state index contributed by atoms with van der Waals surface area (Å²) in [6.45, 7) is 5.16. The largest absolute Gasteiger partial charge is 0.493 e. The SMILES string of the molecule is COc1cc(NC(=O)c2cc(N3CCOCC3)nc(N3CCOCC3)n2)cc(OC)c1OC. The minimum atomic E-state index is -0.365. The zero-order valence-corrected chi connectivity index (χ0v) is 19.1. The highest BCUT2D eigenvalue weighted by Crippen LogP contribution is 2.40. The van der Waals surface area contributed by atoms with E-state index >= 15 is 0 Å². The predicted octanol–water partition coefficient (Wildman–Crippen LogP) is 1.43. The first kappa shape index (κ1) is 22.9. The van der Waals surface area contributed by atoms with Crippen LogP contribution in [0, 0.1) is 0 Å². The average molecular weight is 460 g/mol. The second-order valence-electron chi connectivity index (χ2n) is 7.48. The molecule has 2 aromatic rings. The molecule has 178 valence electrons. The lowest BCUT2D eigenvalue weighted by molar-refractivity contribution is 0.102. The monoisotopic (exact) mass is 459 g/mol. The third-order valence-corrected chi connectivity index (χ3v) is 5.49. The fourth-order valence-electron chi connectivity index (χ4n) is 3.75. The molecule has 0 radical (unpaired) electrons. The summed E-state index contributed by atoms with van der Waals surface area (Å²) >= 11 is 0. The summed E-state index contributed by atoms with van der Waals surface area (Å²) in [5.74, 6) is 2.18. The molecule has 11 nitrogen and oxygen atoms in total. The van der Waals surface area contributed by atoms with Gasteiger partial charge in [-0.05, 0) is 0 Å². The quantitative estimate of drug-likeness (QED) is 0.653. The number of hydrogen-bond acceptors (Lipinski definition) is 10. The van der Waals surface area contributed by atoms with Crippen molar-refractivity contribution in [2.24, 2.45) is 0 Å². The van der Waals surface area contributed by atoms with Gasteiger partial charge in [-0.25, -0.2) is 4.98 Å². The number of hydrogen-bond donors (Lipinski definition) is 1. The van der Waals surface area contributed by atoms with Gasteiger partial charge < -0.3 is 38.8 Å². The highest BCUT2D eigenvalue weighted by Gasteiger charge is 2.22. The first-order valence-corrected chi connectivity index (χ1v) is 10.8. The zero-order valence-electron chi connectivity index (χ0n) is 19.1. The molecule has 1 N–H and O–H groups in total. The Hall–Kier alpha value is -3.31. The molecule has 2 saturated heterocycles. The third-order valence-electron chi connectivity index (χ3n) is 5.49. The van der Waals surface area contributed by atoms with E-state index in [0.29, 0.717) is 87.3 Å². The Bertz CT molecular complexity index is 914. The Balaban J connectivity index is 1.64. The van der Waals surface area contributed by atoms with Crippen LogP contribution in [0.5, 0.6) is 17.2 Å². The molecule has 0 saturated carbocycles. The van der Waals surface area contributed by atoms with Gasteiger partial charge in [-0.3, -0.25) is 4.79 Å². The van der Waals surface area contributed by atoms with Gasteiger partial charge in [0, 0.05) is 50.1 Å². The number of carbonyl (C=O) groups is 1. The minimum absolute atomic E-state index is 0.265. The molecule has 0 aliphatic carbocycles. The maximum Gasteiger partial charge on any atom is 0.274 e. The summed E-state index contributed by atoms with van der Waals surface area (Å²) in [5, 5.41) is 2.89. The maximum atomic E-state index is 13.2. The lowest BCUT2D eigenvalue weighted by Gasteiger charge is -2.31. The van der Waals surface area contributed by atoms with E-state index in [4.69, 9.17) is 28.7 Å². The number of nitrogens with one attached hydrogen (secondary N) is 1. The van der Waals surface area contributed by atoms with Crippen molar-refractivity contribution in [3.05, 3.63) is 23.9 Å². The number of carbonyl (C=O) groups excluding carboxylic acids is 1. The number of morpholine rings is 2. The topological polar surface area (TPSA) is 108 Å². The van der Waals surface area contributed by atoms with Gasteiger partial charge in [0.2, 0.25) is 11.7 Å². The molecule has 33 heavy (non-hydrogen) atoms. The van der Waals surface area contributed by atoms with E-state index in [1.54, 1.807) is 18.2 Å². The van der Waals surface area contributed by atoms with Crippen molar-refractivity contribution >= 4 is 23.4 Å². The van der Waals surface area contributed by atoms with Crippen molar-refractivity contribution in [3.8, 4) is 17.2 Å². The maximum absolute atomic E-state index is 13.2. The van der Waals surface area contributed by atoms with E-state index < -0.39 is 0 Å². The molecule has 2 fully saturated rings. The number of ether oxygens (including phenoxy) is 5. The van der Waals surface area contributed by atoms with Crippen LogP contribution < -0.4 is 29.3 Å². The Morgan fingerprint density at radius 3 is 1.97 bits per heavy atom. The lowest BCUT2D eigenvalue weighted by atomic mass is 10.2. The van der Waals surface area contributed by atoms with Crippen molar-refractivity contribution in [3.63, 3.8) is 0 Å². The van der Waals surface area contributed by atoms with Crippen LogP contribution in [0.2, 0.25) is 0 Å². The second kappa shape index (κ2) is 10.5. The van der Waals surface area contributed by atoms with Crippen LogP contribution in [0.25, 0.3) is 0 Å². The van der Waals surface area contributed by atoms with Crippen molar-refractivity contribution in [2.45, 2.75) is 0 Å². The van der Waals surface area contributed by atoms with Gasteiger partial charge in [0.1, 0.15) is 11.5 Å². The number of anilines is 3. The van der Waals surface area contributed by atoms with Gasteiger partial charge in [-0.2, -0.15) is 4.98 Å². The Kier molecular flexibility index (Phi) is 7.30. The van der Waals surface area contributed by atoms with E-state index in [9.17, 15) is 4.79 Å². The molecule has 2 aliphatic rings. The standard InChI is InChI=1S/C22H29N5O6/c1-29-17-12-15(13-18(30-2)20(17)31-3)23-21(28)16-14-19(26-4-8-32-9-5-26)25-22(24-16)27-6-10-33-11-7-27/h12-14H,4-11H2,1-3H3,(H,23,28). The van der Waals surface area contributed by atoms with Crippen LogP contribution in [-0.4, -0.2) is 89.8 Å². The van der Waals surface area contributed by atoms with Crippen LogP contribution in [0.3, 0.4) is 0 Å². The Morgan fingerprint density at radius 2 is 1.42 bits per heavy atom. The zero-order chi connectivity index (χ0) is 23.2. The van der Waals surface area contributed by atoms with Gasteiger partial charge in [-0.1, -0.05) is 0 Å². The summed E-state index contributed by atoms with van der Waals surface area (Å²) < 4.78 is 27.0. The fourth-order valence-corrected chi connectivity index (χ4v) is 3.75. The molecular weight excluding hydrogens is 430 g/mol. The molecule has 2 aliphatic heterocycles. The summed E-state index contributed by atoms with van der Waals surface area (Å²) in [5.41, 5.74) is 0.760. The summed E-state index contributed by atoms with van der Waals surface area (Å²) in [6, 6.07) is 5.06. The Labute approximate surface area is 192 Å². The molecule has 1 aromatic carbocycles. The van der Waals surface area contributed by atoms with E-state index in [2.05, 4.69) is 15.2 Å². The number of methoxy groups -OCH3 is 3. The van der Waals surface area contributed by atoms with E-state index in [1.165, 1.54) is 21.3 Å². The molecule has 4 rings (SSSR count).